The summed E-state index contributed by atoms with van der Waals surface area (Å²) in [6.07, 6.45) is -2.62. The average Bonchev–Trinajstić information content (AvgIpc) is 2.66. The second kappa shape index (κ2) is 5.15. The van der Waals surface area contributed by atoms with Crippen molar-refractivity contribution in [3.8, 4) is 0 Å². The van der Waals surface area contributed by atoms with E-state index in [1.807, 2.05) is 0 Å². The molecule has 19 heavy (non-hydrogen) atoms. The number of carbonyl (C=O) groups excluding carboxylic acids is 1. The molecule has 106 valence electrons. The molecule has 0 spiro atoms. The SMILES string of the molecule is Cn1cc(Br)c(C(=O)N2CCC(C(F)(F)F)CC2)n1. The molecule has 1 aliphatic rings. The van der Waals surface area contributed by atoms with Crippen molar-refractivity contribution in [2.75, 3.05) is 13.1 Å². The molecule has 0 saturated carbocycles. The van der Waals surface area contributed by atoms with Crippen LogP contribution in [-0.4, -0.2) is 39.9 Å². The van der Waals surface area contributed by atoms with Crippen LogP contribution >= 0.6 is 15.9 Å². The highest BCUT2D eigenvalue weighted by molar-refractivity contribution is 9.10. The Kier molecular flexibility index (Phi) is 3.89. The fourth-order valence-corrected chi connectivity index (χ4v) is 2.71. The number of halogens is 4. The third-order valence-electron chi connectivity index (χ3n) is 3.23. The molecular formula is C11H13BrF3N3O. The first-order valence-electron chi connectivity index (χ1n) is 5.84. The number of rotatable bonds is 1. The third-order valence-corrected chi connectivity index (χ3v) is 3.81. The molecule has 1 aliphatic heterocycles. The smallest absolute Gasteiger partial charge is 0.337 e. The van der Waals surface area contributed by atoms with E-state index in [2.05, 4.69) is 21.0 Å². The van der Waals surface area contributed by atoms with Gasteiger partial charge < -0.3 is 4.90 Å². The van der Waals surface area contributed by atoms with Gasteiger partial charge in [0.05, 0.1) is 10.4 Å². The zero-order chi connectivity index (χ0) is 14.2. The molecule has 1 aromatic rings. The van der Waals surface area contributed by atoms with Gasteiger partial charge in [0.25, 0.3) is 5.91 Å². The number of amides is 1. The Hall–Kier alpha value is -1.05. The van der Waals surface area contributed by atoms with Crippen molar-refractivity contribution >= 4 is 21.8 Å². The summed E-state index contributed by atoms with van der Waals surface area (Å²) in [5.41, 5.74) is 0.243. The normalized spacial score (nSPS) is 17.8. The van der Waals surface area contributed by atoms with Gasteiger partial charge in [0, 0.05) is 26.3 Å². The number of piperidine rings is 1. The predicted molar refractivity (Wildman–Crippen MR) is 65.6 cm³/mol. The fraction of sp³-hybridized carbons (Fsp3) is 0.636. The number of nitrogens with zero attached hydrogens (tertiary/aromatic N) is 3. The van der Waals surface area contributed by atoms with Gasteiger partial charge in [-0.25, -0.2) is 0 Å². The monoisotopic (exact) mass is 339 g/mol. The van der Waals surface area contributed by atoms with Gasteiger partial charge in [0.15, 0.2) is 5.69 Å². The lowest BCUT2D eigenvalue weighted by Gasteiger charge is -2.32. The summed E-state index contributed by atoms with van der Waals surface area (Å²) in [7, 11) is 1.68. The zero-order valence-electron chi connectivity index (χ0n) is 10.2. The number of alkyl halides is 3. The molecule has 1 aromatic heterocycles. The number of carbonyl (C=O) groups is 1. The molecule has 4 nitrogen and oxygen atoms in total. The van der Waals surface area contributed by atoms with Crippen LogP contribution in [-0.2, 0) is 7.05 Å². The summed E-state index contributed by atoms with van der Waals surface area (Å²) >= 11 is 3.22. The zero-order valence-corrected chi connectivity index (χ0v) is 11.8. The Labute approximate surface area is 116 Å². The number of aryl methyl sites for hydroxylation is 1. The van der Waals surface area contributed by atoms with Gasteiger partial charge in [0.1, 0.15) is 0 Å². The van der Waals surface area contributed by atoms with Crippen molar-refractivity contribution in [2.24, 2.45) is 13.0 Å². The summed E-state index contributed by atoms with van der Waals surface area (Å²) in [5, 5.41) is 4.01. The van der Waals surface area contributed by atoms with E-state index in [1.165, 1.54) is 9.58 Å². The summed E-state index contributed by atoms with van der Waals surface area (Å²) in [6, 6.07) is 0. The molecule has 0 unspecified atom stereocenters. The minimum absolute atomic E-state index is 0.0420. The molecule has 2 rings (SSSR count). The Morgan fingerprint density at radius 2 is 2.00 bits per heavy atom. The molecule has 2 heterocycles. The second-order valence-electron chi connectivity index (χ2n) is 4.61. The van der Waals surface area contributed by atoms with Gasteiger partial charge >= 0.3 is 6.18 Å². The Morgan fingerprint density at radius 1 is 1.42 bits per heavy atom. The Morgan fingerprint density at radius 3 is 2.42 bits per heavy atom. The summed E-state index contributed by atoms with van der Waals surface area (Å²) < 4.78 is 39.6. The number of hydrogen-bond acceptors (Lipinski definition) is 2. The van der Waals surface area contributed by atoms with Gasteiger partial charge in [-0.2, -0.15) is 18.3 Å². The van der Waals surface area contributed by atoms with Crippen LogP contribution in [0.25, 0.3) is 0 Å². The van der Waals surface area contributed by atoms with Crippen molar-refractivity contribution in [3.05, 3.63) is 16.4 Å². The maximum Gasteiger partial charge on any atom is 0.391 e. The minimum Gasteiger partial charge on any atom is -0.337 e. The van der Waals surface area contributed by atoms with Crippen LogP contribution in [0.1, 0.15) is 23.3 Å². The molecule has 0 aliphatic carbocycles. The van der Waals surface area contributed by atoms with E-state index in [0.29, 0.717) is 4.47 Å². The van der Waals surface area contributed by atoms with Crippen molar-refractivity contribution in [1.82, 2.24) is 14.7 Å². The van der Waals surface area contributed by atoms with Crippen LogP contribution in [0.5, 0.6) is 0 Å². The first kappa shape index (κ1) is 14.4. The highest BCUT2D eigenvalue weighted by Crippen LogP contribution is 2.34. The highest BCUT2D eigenvalue weighted by Gasteiger charge is 2.42. The van der Waals surface area contributed by atoms with Crippen LogP contribution in [0.15, 0.2) is 10.7 Å². The van der Waals surface area contributed by atoms with E-state index < -0.39 is 12.1 Å². The van der Waals surface area contributed by atoms with E-state index in [9.17, 15) is 18.0 Å². The van der Waals surface area contributed by atoms with Crippen LogP contribution in [0.4, 0.5) is 13.2 Å². The van der Waals surface area contributed by atoms with Crippen LogP contribution in [0.2, 0.25) is 0 Å². The number of hydrogen-bond donors (Lipinski definition) is 0. The Bertz CT molecular complexity index is 478. The van der Waals surface area contributed by atoms with Crippen molar-refractivity contribution in [1.29, 1.82) is 0 Å². The molecule has 0 atom stereocenters. The molecule has 1 saturated heterocycles. The molecule has 0 bridgehead atoms. The maximum absolute atomic E-state index is 12.5. The molecule has 8 heteroatoms. The minimum atomic E-state index is -4.17. The summed E-state index contributed by atoms with van der Waals surface area (Å²) in [4.78, 5) is 13.6. The lowest BCUT2D eigenvalue weighted by atomic mass is 9.96. The first-order valence-corrected chi connectivity index (χ1v) is 6.63. The fourth-order valence-electron chi connectivity index (χ4n) is 2.16. The van der Waals surface area contributed by atoms with Crippen LogP contribution in [0.3, 0.4) is 0 Å². The van der Waals surface area contributed by atoms with E-state index in [-0.39, 0.29) is 37.5 Å². The van der Waals surface area contributed by atoms with Gasteiger partial charge in [-0.15, -0.1) is 0 Å². The first-order chi connectivity index (χ1) is 8.79. The van der Waals surface area contributed by atoms with Gasteiger partial charge in [-0.3, -0.25) is 9.48 Å². The molecule has 0 aromatic carbocycles. The van der Waals surface area contributed by atoms with Crippen LogP contribution in [0, 0.1) is 5.92 Å². The average molecular weight is 340 g/mol. The number of aromatic nitrogens is 2. The third kappa shape index (κ3) is 3.10. The quantitative estimate of drug-likeness (QED) is 0.788. The molecular weight excluding hydrogens is 327 g/mol. The van der Waals surface area contributed by atoms with Crippen LogP contribution < -0.4 is 0 Å². The van der Waals surface area contributed by atoms with E-state index in [0.717, 1.165) is 0 Å². The van der Waals surface area contributed by atoms with Crippen molar-refractivity contribution < 1.29 is 18.0 Å². The predicted octanol–water partition coefficient (Wildman–Crippen LogP) is 2.60. The summed E-state index contributed by atoms with van der Waals surface area (Å²) in [5.74, 6) is -1.63. The lowest BCUT2D eigenvalue weighted by molar-refractivity contribution is -0.183. The maximum atomic E-state index is 12.5. The molecule has 0 N–H and O–H groups in total. The van der Waals surface area contributed by atoms with Gasteiger partial charge in [0.2, 0.25) is 0 Å². The molecule has 1 amide bonds. The summed E-state index contributed by atoms with van der Waals surface area (Å²) in [6.45, 7) is 0.234. The van der Waals surface area contributed by atoms with Gasteiger partial charge in [-0.1, -0.05) is 0 Å². The van der Waals surface area contributed by atoms with Gasteiger partial charge in [-0.05, 0) is 28.8 Å². The standard InChI is InChI=1S/C11H13BrF3N3O/c1-17-6-8(12)9(16-17)10(19)18-4-2-7(3-5-18)11(13,14)15/h6-7H,2-5H2,1H3. The molecule has 0 radical (unpaired) electrons. The van der Waals surface area contributed by atoms with Crippen molar-refractivity contribution in [2.45, 2.75) is 19.0 Å². The number of likely N-dealkylation sites (tertiary alicyclic amines) is 1. The van der Waals surface area contributed by atoms with Crippen molar-refractivity contribution in [3.63, 3.8) is 0 Å². The molecule has 1 fully saturated rings. The lowest BCUT2D eigenvalue weighted by Crippen LogP contribution is -2.42. The second-order valence-corrected chi connectivity index (χ2v) is 5.46. The largest absolute Gasteiger partial charge is 0.391 e. The Balaban J connectivity index is 2.02. The topological polar surface area (TPSA) is 38.1 Å². The highest BCUT2D eigenvalue weighted by atomic mass is 79.9. The van der Waals surface area contributed by atoms with E-state index >= 15 is 0 Å². The van der Waals surface area contributed by atoms with E-state index in [1.54, 1.807) is 13.2 Å². The van der Waals surface area contributed by atoms with E-state index in [4.69, 9.17) is 0 Å².